The van der Waals surface area contributed by atoms with Crippen molar-refractivity contribution >= 4 is 34.0 Å². The van der Waals surface area contributed by atoms with E-state index in [1.165, 1.54) is 30.1 Å². The molecule has 34 heavy (non-hydrogen) atoms. The minimum Gasteiger partial charge on any atom is -0.480 e. The number of hydrogen-bond donors (Lipinski definition) is 3. The number of pyridine rings is 2. The average Bonchev–Trinajstić information content (AvgIpc) is 3.57. The second-order valence-electron chi connectivity index (χ2n) is 8.67. The molecule has 2 heterocycles. The van der Waals surface area contributed by atoms with E-state index in [1.54, 1.807) is 18.2 Å². The van der Waals surface area contributed by atoms with Gasteiger partial charge in [0, 0.05) is 18.8 Å². The van der Waals surface area contributed by atoms with Crippen molar-refractivity contribution in [3.05, 3.63) is 83.8 Å². The van der Waals surface area contributed by atoms with Crippen molar-refractivity contribution in [3.8, 4) is 0 Å². The molecule has 0 amide bonds. The van der Waals surface area contributed by atoms with Crippen LogP contribution in [-0.4, -0.2) is 36.0 Å². The van der Waals surface area contributed by atoms with Crippen molar-refractivity contribution in [2.75, 3.05) is 11.9 Å². The fourth-order valence-corrected chi connectivity index (χ4v) is 5.40. The Hall–Kier alpha value is -3.01. The quantitative estimate of drug-likeness (QED) is 0.405. The standard InChI is InChI=1S/C24H26N4O4S.ClH/c1-23(11-12-23)18-9-7-17(8-10-18)14-24(25,33(31,32)19-4-3-13-26-15-19)20-5-2-6-21(28-20)27-16-22(29)30;/h2-10,13,15H,11-12,14,16,25H2,1H3,(H,27,28)(H,29,30);1H. The lowest BCUT2D eigenvalue weighted by atomic mass is 9.95. The topological polar surface area (TPSA) is 135 Å². The van der Waals surface area contributed by atoms with Crippen molar-refractivity contribution in [3.63, 3.8) is 0 Å². The number of carboxylic acid groups (broad SMARTS) is 1. The minimum absolute atomic E-state index is 0. The van der Waals surface area contributed by atoms with Gasteiger partial charge in [-0.1, -0.05) is 37.3 Å². The maximum atomic E-state index is 13.8. The summed E-state index contributed by atoms with van der Waals surface area (Å²) in [4.78, 5) is 17.3. The van der Waals surface area contributed by atoms with Gasteiger partial charge in [-0.15, -0.1) is 12.4 Å². The first-order valence-corrected chi connectivity index (χ1v) is 12.1. The highest BCUT2D eigenvalue weighted by Gasteiger charge is 2.45. The van der Waals surface area contributed by atoms with E-state index in [9.17, 15) is 13.2 Å². The van der Waals surface area contributed by atoms with Crippen LogP contribution in [0.15, 0.2) is 71.9 Å². The Morgan fingerprint density at radius 1 is 1.15 bits per heavy atom. The number of nitrogens with two attached hydrogens (primary N) is 1. The number of benzene rings is 1. The van der Waals surface area contributed by atoms with Crippen LogP contribution in [0.3, 0.4) is 0 Å². The minimum atomic E-state index is -4.12. The van der Waals surface area contributed by atoms with E-state index in [2.05, 4.69) is 22.2 Å². The van der Waals surface area contributed by atoms with Gasteiger partial charge in [-0.3, -0.25) is 9.78 Å². The van der Waals surface area contributed by atoms with E-state index >= 15 is 0 Å². The lowest BCUT2D eigenvalue weighted by Crippen LogP contribution is -2.47. The molecular weight excluding hydrogens is 476 g/mol. The van der Waals surface area contributed by atoms with Gasteiger partial charge in [0.05, 0.1) is 10.6 Å². The van der Waals surface area contributed by atoms with Crippen LogP contribution >= 0.6 is 12.4 Å². The largest absolute Gasteiger partial charge is 0.480 e. The molecule has 0 spiro atoms. The highest BCUT2D eigenvalue weighted by atomic mass is 35.5. The van der Waals surface area contributed by atoms with E-state index in [4.69, 9.17) is 10.8 Å². The fraction of sp³-hybridized carbons (Fsp3) is 0.292. The summed E-state index contributed by atoms with van der Waals surface area (Å²) in [5.41, 5.74) is 8.99. The summed E-state index contributed by atoms with van der Waals surface area (Å²) in [6.45, 7) is 1.85. The number of carbonyl (C=O) groups is 1. The maximum Gasteiger partial charge on any atom is 0.322 e. The second kappa shape index (κ2) is 9.69. The fourth-order valence-electron chi connectivity index (χ4n) is 3.78. The third-order valence-corrected chi connectivity index (χ3v) is 8.32. The van der Waals surface area contributed by atoms with Crippen LogP contribution in [0.2, 0.25) is 0 Å². The van der Waals surface area contributed by atoms with Crippen LogP contribution in [0.25, 0.3) is 0 Å². The summed E-state index contributed by atoms with van der Waals surface area (Å²) in [5.74, 6) is -0.836. The van der Waals surface area contributed by atoms with Gasteiger partial charge in [-0.25, -0.2) is 13.4 Å². The van der Waals surface area contributed by atoms with Crippen molar-refractivity contribution in [1.82, 2.24) is 9.97 Å². The number of nitrogens with one attached hydrogen (secondary N) is 1. The SMILES string of the molecule is CC1(c2ccc(CC(N)(c3cccc(NCC(=O)O)n3)S(=O)(=O)c3cccnc3)cc2)CC1.Cl. The van der Waals surface area contributed by atoms with E-state index in [0.29, 0.717) is 0 Å². The van der Waals surface area contributed by atoms with Gasteiger partial charge in [0.1, 0.15) is 12.4 Å². The number of sulfone groups is 1. The monoisotopic (exact) mass is 502 g/mol. The molecule has 0 bridgehead atoms. The first-order valence-electron chi connectivity index (χ1n) is 10.6. The molecule has 4 rings (SSSR count). The Labute approximate surface area is 205 Å². The third-order valence-electron chi connectivity index (χ3n) is 6.15. The zero-order chi connectivity index (χ0) is 23.7. The molecule has 3 aromatic rings. The highest BCUT2D eigenvalue weighted by molar-refractivity contribution is 7.92. The number of aliphatic carboxylic acids is 1. The Morgan fingerprint density at radius 2 is 1.85 bits per heavy atom. The molecule has 1 aliphatic carbocycles. The molecule has 8 nitrogen and oxygen atoms in total. The molecule has 2 aromatic heterocycles. The predicted octanol–water partition coefficient (Wildman–Crippen LogP) is 3.27. The van der Waals surface area contributed by atoms with Gasteiger partial charge in [-0.2, -0.15) is 0 Å². The molecule has 1 fully saturated rings. The Kier molecular flexibility index (Phi) is 7.30. The number of aromatic nitrogens is 2. The molecular formula is C24H27ClN4O4S. The predicted molar refractivity (Wildman–Crippen MR) is 132 cm³/mol. The van der Waals surface area contributed by atoms with Gasteiger partial charge in [0.2, 0.25) is 9.84 Å². The summed E-state index contributed by atoms with van der Waals surface area (Å²) in [6.07, 6.45) is 5.02. The lowest BCUT2D eigenvalue weighted by molar-refractivity contribution is -0.134. The molecule has 180 valence electrons. The van der Waals surface area contributed by atoms with E-state index < -0.39 is 20.7 Å². The van der Waals surface area contributed by atoms with Gasteiger partial charge in [0.25, 0.3) is 0 Å². The molecule has 10 heteroatoms. The molecule has 0 radical (unpaired) electrons. The molecule has 1 unspecified atom stereocenters. The van der Waals surface area contributed by atoms with Crippen LogP contribution in [-0.2, 0) is 31.3 Å². The molecule has 0 saturated heterocycles. The average molecular weight is 503 g/mol. The second-order valence-corrected chi connectivity index (χ2v) is 10.9. The zero-order valence-electron chi connectivity index (χ0n) is 18.6. The van der Waals surface area contributed by atoms with Crippen LogP contribution < -0.4 is 11.1 Å². The van der Waals surface area contributed by atoms with Crippen LogP contribution in [0.4, 0.5) is 5.82 Å². The third kappa shape index (κ3) is 5.06. The molecule has 1 saturated carbocycles. The zero-order valence-corrected chi connectivity index (χ0v) is 20.3. The Balaban J connectivity index is 0.00000324. The summed E-state index contributed by atoms with van der Waals surface area (Å²) >= 11 is 0. The molecule has 4 N–H and O–H groups in total. The highest BCUT2D eigenvalue weighted by Crippen LogP contribution is 2.47. The summed E-state index contributed by atoms with van der Waals surface area (Å²) in [5, 5.41) is 11.6. The Morgan fingerprint density at radius 3 is 2.44 bits per heavy atom. The maximum absolute atomic E-state index is 13.8. The first kappa shape index (κ1) is 25.6. The summed E-state index contributed by atoms with van der Waals surface area (Å²) in [7, 11) is -4.12. The Bertz CT molecular complexity index is 1270. The van der Waals surface area contributed by atoms with Gasteiger partial charge in [-0.05, 0) is 53.6 Å². The van der Waals surface area contributed by atoms with Crippen LogP contribution in [0.5, 0.6) is 0 Å². The number of rotatable bonds is 9. The normalized spacial score (nSPS) is 16.1. The number of hydrogen-bond acceptors (Lipinski definition) is 7. The van der Waals surface area contributed by atoms with Crippen LogP contribution in [0, 0.1) is 0 Å². The van der Waals surface area contributed by atoms with Crippen LogP contribution in [0.1, 0.15) is 36.6 Å². The van der Waals surface area contributed by atoms with E-state index in [0.717, 1.165) is 18.4 Å². The van der Waals surface area contributed by atoms with Crippen molar-refractivity contribution < 1.29 is 18.3 Å². The van der Waals surface area contributed by atoms with Crippen molar-refractivity contribution in [2.24, 2.45) is 5.73 Å². The molecule has 1 aromatic carbocycles. The molecule has 1 atom stereocenters. The first-order chi connectivity index (χ1) is 15.6. The van der Waals surface area contributed by atoms with Gasteiger partial charge >= 0.3 is 5.97 Å². The van der Waals surface area contributed by atoms with E-state index in [1.807, 2.05) is 24.3 Å². The lowest BCUT2D eigenvalue weighted by Gasteiger charge is -2.29. The number of carboxylic acids is 1. The number of nitrogens with zero attached hydrogens (tertiary/aromatic N) is 2. The smallest absolute Gasteiger partial charge is 0.322 e. The number of halogens is 1. The van der Waals surface area contributed by atoms with Crippen molar-refractivity contribution in [2.45, 2.75) is 41.4 Å². The molecule has 1 aliphatic rings. The van der Waals surface area contributed by atoms with E-state index in [-0.39, 0.29) is 47.2 Å². The summed E-state index contributed by atoms with van der Waals surface area (Å²) < 4.78 is 27.5. The van der Waals surface area contributed by atoms with Gasteiger partial charge in [0.15, 0.2) is 4.87 Å². The molecule has 0 aliphatic heterocycles. The van der Waals surface area contributed by atoms with Gasteiger partial charge < -0.3 is 16.2 Å². The summed E-state index contributed by atoms with van der Waals surface area (Å²) in [6, 6.07) is 15.6. The van der Waals surface area contributed by atoms with Crippen molar-refractivity contribution in [1.29, 1.82) is 0 Å². The number of anilines is 1.